The van der Waals surface area contributed by atoms with E-state index in [2.05, 4.69) is 38.2 Å². The molecule has 0 saturated carbocycles. The highest BCUT2D eigenvalue weighted by molar-refractivity contribution is 4.92. The van der Waals surface area contributed by atoms with Gasteiger partial charge < -0.3 is 5.11 Å². The number of unbranched alkanes of at least 4 members (excludes halogenated alkanes) is 9. The summed E-state index contributed by atoms with van der Waals surface area (Å²) in [6, 6.07) is 0. The fraction of sp³-hybridized carbons (Fsp3) is 0.762. The molecule has 0 spiro atoms. The van der Waals surface area contributed by atoms with Crippen LogP contribution in [0.2, 0.25) is 0 Å². The predicted octanol–water partition coefficient (Wildman–Crippen LogP) is 6.78. The minimum atomic E-state index is -0.175. The van der Waals surface area contributed by atoms with Gasteiger partial charge in [0.1, 0.15) is 0 Å². The van der Waals surface area contributed by atoms with Gasteiger partial charge in [0.05, 0.1) is 6.10 Å². The van der Waals surface area contributed by atoms with Crippen molar-refractivity contribution in [2.45, 2.75) is 103 Å². The molecule has 1 atom stereocenters. The molecule has 1 radical (unpaired) electrons. The quantitative estimate of drug-likeness (QED) is 0.246. The van der Waals surface area contributed by atoms with Gasteiger partial charge in [-0.1, -0.05) is 83.1 Å². The fourth-order valence-electron chi connectivity index (χ4n) is 2.51. The summed E-state index contributed by atoms with van der Waals surface area (Å²) in [4.78, 5) is 0. The zero-order valence-corrected chi connectivity index (χ0v) is 14.9. The van der Waals surface area contributed by atoms with E-state index >= 15 is 0 Å². The number of rotatable bonds is 16. The lowest BCUT2D eigenvalue weighted by molar-refractivity contribution is 0.163. The van der Waals surface area contributed by atoms with Gasteiger partial charge in [0.25, 0.3) is 0 Å². The fourth-order valence-corrected chi connectivity index (χ4v) is 2.51. The molecule has 0 fully saturated rings. The van der Waals surface area contributed by atoms with Gasteiger partial charge in [0.15, 0.2) is 0 Å². The highest BCUT2D eigenvalue weighted by Crippen LogP contribution is 2.11. The molecule has 0 aromatic carbocycles. The molecule has 0 saturated heterocycles. The summed E-state index contributed by atoms with van der Waals surface area (Å²) >= 11 is 0. The summed E-state index contributed by atoms with van der Waals surface area (Å²) in [6.45, 7) is 5.97. The van der Waals surface area contributed by atoms with Crippen LogP contribution >= 0.6 is 0 Å². The molecule has 0 amide bonds. The molecule has 0 aliphatic rings. The van der Waals surface area contributed by atoms with Crippen molar-refractivity contribution in [3.8, 4) is 0 Å². The standard InChI is InChI=1S/C21H39O/c1-3-5-6-7-8-9-10-11-12-13-14-15-16-17-18-19-20-21(22)4-2/h8-9,11-12,21-22H,2-7,10,13-20H2,1H3/b9-8-,12-11-. The first-order chi connectivity index (χ1) is 10.8. The Balaban J connectivity index is 3.17. The molecule has 0 aliphatic carbocycles. The average molecular weight is 308 g/mol. The monoisotopic (exact) mass is 307 g/mol. The Kier molecular flexibility index (Phi) is 18.0. The Morgan fingerprint density at radius 3 is 1.91 bits per heavy atom. The van der Waals surface area contributed by atoms with E-state index in [1.165, 1.54) is 64.2 Å². The predicted molar refractivity (Wildman–Crippen MR) is 100.0 cm³/mol. The first kappa shape index (κ1) is 21.4. The summed E-state index contributed by atoms with van der Waals surface area (Å²) in [6.07, 6.45) is 26.0. The van der Waals surface area contributed by atoms with E-state index in [1.807, 2.05) is 0 Å². The van der Waals surface area contributed by atoms with E-state index in [1.54, 1.807) is 0 Å². The Labute approximate surface area is 139 Å². The maximum absolute atomic E-state index is 9.40. The third-order valence-electron chi connectivity index (χ3n) is 4.07. The van der Waals surface area contributed by atoms with E-state index < -0.39 is 0 Å². The van der Waals surface area contributed by atoms with E-state index in [9.17, 15) is 5.11 Å². The van der Waals surface area contributed by atoms with Crippen molar-refractivity contribution in [3.63, 3.8) is 0 Å². The van der Waals surface area contributed by atoms with Crippen LogP contribution in [0, 0.1) is 6.92 Å². The van der Waals surface area contributed by atoms with Crippen LogP contribution < -0.4 is 0 Å². The van der Waals surface area contributed by atoms with Crippen molar-refractivity contribution in [3.05, 3.63) is 31.2 Å². The van der Waals surface area contributed by atoms with E-state index in [4.69, 9.17) is 0 Å². The number of hydrogen-bond donors (Lipinski definition) is 1. The number of aliphatic hydroxyl groups is 1. The second kappa shape index (κ2) is 18.5. The Morgan fingerprint density at radius 1 is 0.773 bits per heavy atom. The molecule has 129 valence electrons. The zero-order chi connectivity index (χ0) is 16.3. The van der Waals surface area contributed by atoms with Crippen molar-refractivity contribution >= 4 is 0 Å². The number of hydrogen-bond acceptors (Lipinski definition) is 1. The molecule has 0 heterocycles. The Hall–Kier alpha value is -0.560. The van der Waals surface area contributed by atoms with Crippen molar-refractivity contribution in [2.75, 3.05) is 0 Å². The number of aliphatic hydroxyl groups excluding tert-OH is 1. The van der Waals surface area contributed by atoms with Crippen LogP contribution in [0.3, 0.4) is 0 Å². The molecule has 0 bridgehead atoms. The van der Waals surface area contributed by atoms with Crippen LogP contribution in [-0.2, 0) is 0 Å². The Morgan fingerprint density at radius 2 is 1.32 bits per heavy atom. The summed E-state index contributed by atoms with van der Waals surface area (Å²) in [5.74, 6) is 0. The van der Waals surface area contributed by atoms with Crippen molar-refractivity contribution in [2.24, 2.45) is 0 Å². The third-order valence-corrected chi connectivity index (χ3v) is 4.07. The lowest BCUT2D eigenvalue weighted by atomic mass is 10.1. The normalized spacial score (nSPS) is 13.4. The third kappa shape index (κ3) is 17.5. The van der Waals surface area contributed by atoms with Crippen molar-refractivity contribution in [1.29, 1.82) is 0 Å². The van der Waals surface area contributed by atoms with Crippen LogP contribution in [0.1, 0.15) is 96.8 Å². The average Bonchev–Trinajstić information content (AvgIpc) is 2.54. The maximum atomic E-state index is 9.40. The SMILES string of the molecule is [CH2]CC(O)CCCCCCCC/C=C\C/C=C\CCCCC. The molecular formula is C21H39O. The first-order valence-corrected chi connectivity index (χ1v) is 9.58. The molecule has 1 nitrogen and oxygen atoms in total. The molecule has 1 heteroatoms. The van der Waals surface area contributed by atoms with Crippen LogP contribution in [0.5, 0.6) is 0 Å². The summed E-state index contributed by atoms with van der Waals surface area (Å²) in [7, 11) is 0. The van der Waals surface area contributed by atoms with Crippen molar-refractivity contribution in [1.82, 2.24) is 0 Å². The van der Waals surface area contributed by atoms with E-state index in [0.717, 1.165) is 19.3 Å². The molecule has 0 aliphatic heterocycles. The Bertz CT molecular complexity index is 255. The minimum Gasteiger partial charge on any atom is -0.393 e. The molecule has 22 heavy (non-hydrogen) atoms. The summed E-state index contributed by atoms with van der Waals surface area (Å²) in [5, 5.41) is 9.40. The number of allylic oxidation sites excluding steroid dienone is 4. The van der Waals surface area contributed by atoms with Gasteiger partial charge in [0.2, 0.25) is 0 Å². The minimum absolute atomic E-state index is 0.175. The maximum Gasteiger partial charge on any atom is 0.0540 e. The van der Waals surface area contributed by atoms with Crippen LogP contribution in [0.25, 0.3) is 0 Å². The molecular weight excluding hydrogens is 268 g/mol. The topological polar surface area (TPSA) is 20.2 Å². The van der Waals surface area contributed by atoms with Crippen molar-refractivity contribution < 1.29 is 5.11 Å². The highest BCUT2D eigenvalue weighted by Gasteiger charge is 1.99. The smallest absolute Gasteiger partial charge is 0.0540 e. The summed E-state index contributed by atoms with van der Waals surface area (Å²) < 4.78 is 0. The van der Waals surface area contributed by atoms with Gasteiger partial charge in [0, 0.05) is 0 Å². The molecule has 0 aromatic rings. The van der Waals surface area contributed by atoms with Crippen LogP contribution in [-0.4, -0.2) is 11.2 Å². The van der Waals surface area contributed by atoms with Gasteiger partial charge in [-0.3, -0.25) is 0 Å². The van der Waals surface area contributed by atoms with Crippen LogP contribution in [0.4, 0.5) is 0 Å². The molecule has 0 rings (SSSR count). The highest BCUT2D eigenvalue weighted by atomic mass is 16.3. The first-order valence-electron chi connectivity index (χ1n) is 9.58. The van der Waals surface area contributed by atoms with E-state index in [0.29, 0.717) is 6.42 Å². The van der Waals surface area contributed by atoms with Gasteiger partial charge in [-0.25, -0.2) is 0 Å². The van der Waals surface area contributed by atoms with Gasteiger partial charge in [-0.2, -0.15) is 0 Å². The molecule has 1 N–H and O–H groups in total. The summed E-state index contributed by atoms with van der Waals surface area (Å²) in [5.41, 5.74) is 0. The lowest BCUT2D eigenvalue weighted by Crippen LogP contribution is -2.03. The van der Waals surface area contributed by atoms with Gasteiger partial charge in [-0.15, -0.1) is 0 Å². The van der Waals surface area contributed by atoms with Crippen LogP contribution in [0.15, 0.2) is 24.3 Å². The second-order valence-electron chi connectivity index (χ2n) is 6.32. The van der Waals surface area contributed by atoms with Gasteiger partial charge in [-0.05, 0) is 44.9 Å². The lowest BCUT2D eigenvalue weighted by Gasteiger charge is -2.06. The molecule has 0 aromatic heterocycles. The second-order valence-corrected chi connectivity index (χ2v) is 6.32. The zero-order valence-electron chi connectivity index (χ0n) is 14.9. The van der Waals surface area contributed by atoms with Gasteiger partial charge >= 0.3 is 0 Å². The largest absolute Gasteiger partial charge is 0.393 e. The van der Waals surface area contributed by atoms with E-state index in [-0.39, 0.29) is 6.10 Å². The molecule has 1 unspecified atom stereocenters.